The van der Waals surface area contributed by atoms with E-state index in [0.29, 0.717) is 0 Å². The normalized spacial score (nSPS) is 26.3. The third-order valence-corrected chi connectivity index (χ3v) is 5.44. The molecule has 1 saturated heterocycles. The summed E-state index contributed by atoms with van der Waals surface area (Å²) in [6, 6.07) is 9.21. The van der Waals surface area contributed by atoms with Crippen LogP contribution >= 0.6 is 23.5 Å². The van der Waals surface area contributed by atoms with Crippen molar-refractivity contribution in [3.05, 3.63) is 30.3 Å². The van der Waals surface area contributed by atoms with Gasteiger partial charge in [0.05, 0.1) is 5.69 Å². The van der Waals surface area contributed by atoms with E-state index in [4.69, 9.17) is 10.5 Å². The van der Waals surface area contributed by atoms with Crippen molar-refractivity contribution < 1.29 is 4.79 Å². The molecule has 0 N–H and O–H groups in total. The van der Waals surface area contributed by atoms with E-state index in [1.165, 1.54) is 5.01 Å². The Morgan fingerprint density at radius 3 is 2.45 bits per heavy atom. The van der Waals surface area contributed by atoms with Gasteiger partial charge in [0.25, 0.3) is 5.91 Å². The van der Waals surface area contributed by atoms with Crippen molar-refractivity contribution in [1.29, 1.82) is 10.5 Å². The molecule has 1 heterocycles. The largest absolute Gasteiger partial charge is 0.272 e. The number of rotatable bonds is 3. The Bertz CT molecular complexity index is 595. The smallest absolute Gasteiger partial charge is 0.258 e. The Kier molecular flexibility index (Phi) is 4.24. The second-order valence-electron chi connectivity index (χ2n) is 4.35. The van der Waals surface area contributed by atoms with Gasteiger partial charge in [0.15, 0.2) is 0 Å². The molecule has 20 heavy (non-hydrogen) atoms. The fraction of sp³-hybridized carbons (Fsp3) is 0.308. The van der Waals surface area contributed by atoms with E-state index >= 15 is 0 Å². The quantitative estimate of drug-likeness (QED) is 0.799. The van der Waals surface area contributed by atoms with Crippen LogP contribution in [0.3, 0.4) is 0 Å². The first-order valence-corrected chi connectivity index (χ1v) is 7.50. The minimum atomic E-state index is -0.776. The van der Waals surface area contributed by atoms with Gasteiger partial charge < -0.3 is 0 Å². The summed E-state index contributed by atoms with van der Waals surface area (Å²) in [5.74, 6) is -0.185. The minimum absolute atomic E-state index is 0.185. The molecule has 0 radical (unpaired) electrons. The first-order chi connectivity index (χ1) is 9.56. The van der Waals surface area contributed by atoms with E-state index < -0.39 is 10.1 Å². The van der Waals surface area contributed by atoms with Crippen molar-refractivity contribution in [1.82, 2.24) is 5.01 Å². The zero-order valence-electron chi connectivity index (χ0n) is 11.0. The summed E-state index contributed by atoms with van der Waals surface area (Å²) >= 11 is 1.89. The monoisotopic (exact) mass is 304 g/mol. The van der Waals surface area contributed by atoms with E-state index in [0.717, 1.165) is 29.2 Å². The van der Waals surface area contributed by atoms with Crippen LogP contribution in [0, 0.1) is 21.3 Å². The van der Waals surface area contributed by atoms with Crippen LogP contribution in [0.4, 0.5) is 5.69 Å². The first-order valence-electron chi connectivity index (χ1n) is 5.81. The van der Waals surface area contributed by atoms with E-state index in [1.54, 1.807) is 19.0 Å². The number of anilines is 1. The summed E-state index contributed by atoms with van der Waals surface area (Å²) in [4.78, 5) is 11.8. The van der Waals surface area contributed by atoms with Gasteiger partial charge in [0, 0.05) is 7.05 Å². The van der Waals surface area contributed by atoms with Crippen LogP contribution in [0.15, 0.2) is 30.3 Å². The number of thiocyanates is 2. The summed E-state index contributed by atoms with van der Waals surface area (Å²) in [6.07, 6.45) is 0. The summed E-state index contributed by atoms with van der Waals surface area (Å²) in [7, 11) is 1.76. The van der Waals surface area contributed by atoms with E-state index in [-0.39, 0.29) is 5.91 Å². The maximum absolute atomic E-state index is 12.6. The minimum Gasteiger partial charge on any atom is -0.272 e. The number of hydrazine groups is 1. The van der Waals surface area contributed by atoms with Gasteiger partial charge in [0.2, 0.25) is 0 Å². The Balaban J connectivity index is 2.45. The number of hydrogen-bond donors (Lipinski definition) is 0. The lowest BCUT2D eigenvalue weighted by Crippen LogP contribution is -2.45. The Morgan fingerprint density at radius 1 is 1.25 bits per heavy atom. The number of nitriles is 2. The molecule has 0 aromatic heterocycles. The van der Waals surface area contributed by atoms with Crippen LogP contribution in [0.2, 0.25) is 0 Å². The topological polar surface area (TPSA) is 71.1 Å². The molecule has 1 aliphatic heterocycles. The molecule has 0 spiro atoms. The van der Waals surface area contributed by atoms with Crippen LogP contribution in [0.5, 0.6) is 0 Å². The van der Waals surface area contributed by atoms with Crippen LogP contribution in [0.25, 0.3) is 0 Å². The molecule has 0 aliphatic carbocycles. The first kappa shape index (κ1) is 14.7. The lowest BCUT2D eigenvalue weighted by atomic mass is 10.2. The highest BCUT2D eigenvalue weighted by Gasteiger charge is 2.55. The lowest BCUT2D eigenvalue weighted by molar-refractivity contribution is -0.117. The van der Waals surface area contributed by atoms with Gasteiger partial charge in [-0.15, -0.1) is 0 Å². The van der Waals surface area contributed by atoms with Crippen molar-refractivity contribution in [2.75, 3.05) is 12.1 Å². The van der Waals surface area contributed by atoms with Gasteiger partial charge in [-0.05, 0) is 42.6 Å². The number of carbonyl (C=O) groups excluding carboxylic acids is 1. The maximum atomic E-state index is 12.6. The van der Waals surface area contributed by atoms with Crippen LogP contribution in [-0.2, 0) is 4.79 Å². The Labute approximate surface area is 126 Å². The maximum Gasteiger partial charge on any atom is 0.258 e. The summed E-state index contributed by atoms with van der Waals surface area (Å²) < 4.78 is 0. The molecule has 1 aromatic carbocycles. The fourth-order valence-electron chi connectivity index (χ4n) is 2.15. The molecule has 7 heteroatoms. The van der Waals surface area contributed by atoms with Crippen molar-refractivity contribution in [2.45, 2.75) is 17.0 Å². The van der Waals surface area contributed by atoms with Gasteiger partial charge in [-0.1, -0.05) is 18.2 Å². The molecule has 1 amide bonds. The number of amides is 1. The highest BCUT2D eigenvalue weighted by Crippen LogP contribution is 2.45. The Morgan fingerprint density at radius 2 is 1.90 bits per heavy atom. The van der Waals surface area contributed by atoms with E-state index in [2.05, 4.69) is 0 Å². The third kappa shape index (κ3) is 2.25. The highest BCUT2D eigenvalue weighted by molar-refractivity contribution is 8.09. The molecular formula is C13H12N4OS2. The van der Waals surface area contributed by atoms with Gasteiger partial charge in [0.1, 0.15) is 20.9 Å². The predicted molar refractivity (Wildman–Crippen MR) is 80.3 cm³/mol. The summed E-state index contributed by atoms with van der Waals surface area (Å²) in [5.41, 5.74) is 0.728. The van der Waals surface area contributed by atoms with Gasteiger partial charge >= 0.3 is 0 Å². The highest BCUT2D eigenvalue weighted by atomic mass is 32.2. The fourth-order valence-corrected chi connectivity index (χ4v) is 3.72. The molecule has 2 atom stereocenters. The van der Waals surface area contributed by atoms with E-state index in [9.17, 15) is 4.79 Å². The molecule has 2 unspecified atom stereocenters. The molecule has 1 fully saturated rings. The molecule has 5 nitrogen and oxygen atoms in total. The van der Waals surface area contributed by atoms with Gasteiger partial charge in [-0.3, -0.25) is 4.79 Å². The SMILES string of the molecule is CN1N(c2ccccc2)C(=O)C(SC#N)C1(C)SC#N. The van der Waals surface area contributed by atoms with Crippen molar-refractivity contribution >= 4 is 35.1 Å². The predicted octanol–water partition coefficient (Wildman–Crippen LogP) is 2.39. The number of para-hydroxylation sites is 1. The van der Waals surface area contributed by atoms with E-state index in [1.807, 2.05) is 41.1 Å². The number of nitrogens with zero attached hydrogens (tertiary/aromatic N) is 4. The number of benzene rings is 1. The average molecular weight is 304 g/mol. The number of thioether (sulfide) groups is 2. The van der Waals surface area contributed by atoms with Crippen molar-refractivity contribution in [2.24, 2.45) is 0 Å². The molecule has 0 bridgehead atoms. The van der Waals surface area contributed by atoms with Crippen LogP contribution in [0.1, 0.15) is 6.92 Å². The van der Waals surface area contributed by atoms with Crippen LogP contribution < -0.4 is 5.01 Å². The number of hydrogen-bond acceptors (Lipinski definition) is 6. The second kappa shape index (κ2) is 5.76. The molecule has 1 aliphatic rings. The lowest BCUT2D eigenvalue weighted by Gasteiger charge is -2.33. The van der Waals surface area contributed by atoms with Gasteiger partial charge in [-0.25, -0.2) is 5.01 Å². The zero-order chi connectivity index (χ0) is 14.8. The molecular weight excluding hydrogens is 292 g/mol. The molecule has 1 aromatic rings. The summed E-state index contributed by atoms with van der Waals surface area (Å²) in [5, 5.41) is 24.6. The zero-order valence-corrected chi connectivity index (χ0v) is 12.6. The standard InChI is InChI=1S/C13H12N4OS2/c1-13(20-9-15)11(19-8-14)12(18)17(16(13)2)10-6-4-3-5-7-10/h3-7,11H,1-2H3. The summed E-state index contributed by atoms with van der Waals surface area (Å²) in [6.45, 7) is 1.80. The van der Waals surface area contributed by atoms with Crippen molar-refractivity contribution in [3.8, 4) is 10.8 Å². The van der Waals surface area contributed by atoms with Gasteiger partial charge in [-0.2, -0.15) is 15.5 Å². The average Bonchev–Trinajstić information content (AvgIpc) is 2.62. The number of carbonyl (C=O) groups is 1. The molecule has 2 rings (SSSR count). The Hall–Kier alpha value is -1.67. The van der Waals surface area contributed by atoms with Crippen molar-refractivity contribution in [3.63, 3.8) is 0 Å². The van der Waals surface area contributed by atoms with Crippen LogP contribution in [-0.4, -0.2) is 28.1 Å². The molecule has 0 saturated carbocycles. The second-order valence-corrected chi connectivity index (χ2v) is 6.45. The molecule has 102 valence electrons. The third-order valence-electron chi connectivity index (χ3n) is 3.29.